The molecule has 0 saturated heterocycles. The average molecular weight is 295 g/mol. The molecule has 21 heavy (non-hydrogen) atoms. The van der Waals surface area contributed by atoms with Crippen molar-refractivity contribution in [2.24, 2.45) is 0 Å². The number of hydrogen-bond acceptors (Lipinski definition) is 6. The molecule has 0 saturated carbocycles. The van der Waals surface area contributed by atoms with Crippen LogP contribution < -0.4 is 5.32 Å². The molecule has 3 aromatic rings. The summed E-state index contributed by atoms with van der Waals surface area (Å²) < 4.78 is 4.33. The van der Waals surface area contributed by atoms with Crippen molar-refractivity contribution >= 4 is 33.8 Å². The molecule has 0 atom stereocenters. The Morgan fingerprint density at radius 3 is 2.62 bits per heavy atom. The van der Waals surface area contributed by atoms with E-state index in [1.807, 2.05) is 39.0 Å². The Kier molecular flexibility index (Phi) is 3.28. The van der Waals surface area contributed by atoms with Crippen molar-refractivity contribution in [1.29, 1.82) is 5.26 Å². The van der Waals surface area contributed by atoms with Crippen LogP contribution in [0.5, 0.6) is 0 Å². The van der Waals surface area contributed by atoms with E-state index in [2.05, 4.69) is 26.0 Å². The molecule has 3 rings (SSSR count). The highest BCUT2D eigenvalue weighted by Crippen LogP contribution is 2.32. The van der Waals surface area contributed by atoms with E-state index in [1.54, 1.807) is 0 Å². The predicted octanol–water partition coefficient (Wildman–Crippen LogP) is 3.63. The van der Waals surface area contributed by atoms with Gasteiger partial charge in [-0.2, -0.15) is 9.64 Å². The molecule has 0 radical (unpaired) electrons. The second kappa shape index (κ2) is 5.11. The maximum atomic E-state index is 9.31. The van der Waals surface area contributed by atoms with Crippen LogP contribution in [0, 0.1) is 32.1 Å². The number of benzene rings is 1. The third-order valence-corrected chi connectivity index (χ3v) is 4.15. The third kappa shape index (κ3) is 2.32. The van der Waals surface area contributed by atoms with Crippen LogP contribution in [0.2, 0.25) is 0 Å². The van der Waals surface area contributed by atoms with E-state index in [-0.39, 0.29) is 5.69 Å². The minimum Gasteiger partial charge on any atom is -0.350 e. The summed E-state index contributed by atoms with van der Waals surface area (Å²) in [4.78, 5) is 1.08. The molecule has 0 amide bonds. The number of aromatic nitrogens is 3. The van der Waals surface area contributed by atoms with Crippen molar-refractivity contribution in [3.63, 3.8) is 0 Å². The number of rotatable bonds is 2. The number of fused-ring (bicyclic) bond motifs is 1. The highest BCUT2D eigenvalue weighted by atomic mass is 32.1. The zero-order chi connectivity index (χ0) is 15.0. The number of nitrogens with zero attached hydrogens (tertiary/aromatic N) is 4. The van der Waals surface area contributed by atoms with Gasteiger partial charge in [-0.1, -0.05) is 11.6 Å². The van der Waals surface area contributed by atoms with E-state index >= 15 is 0 Å². The Bertz CT molecular complexity index is 856. The highest BCUT2D eigenvalue weighted by molar-refractivity contribution is 7.06. The second-order valence-electron chi connectivity index (χ2n) is 4.88. The topological polar surface area (TPSA) is 74.5 Å². The summed E-state index contributed by atoms with van der Waals surface area (Å²) in [7, 11) is 0. The molecule has 0 fully saturated rings. The smallest absolute Gasteiger partial charge is 0.187 e. The Labute approximate surface area is 126 Å². The van der Waals surface area contributed by atoms with Crippen molar-refractivity contribution in [2.75, 3.05) is 5.32 Å². The molecule has 2 heterocycles. The van der Waals surface area contributed by atoms with Crippen molar-refractivity contribution in [1.82, 2.24) is 14.6 Å². The molecule has 0 spiro atoms. The van der Waals surface area contributed by atoms with Crippen LogP contribution in [0.15, 0.2) is 18.2 Å². The zero-order valence-corrected chi connectivity index (χ0v) is 12.7. The molecule has 0 aliphatic heterocycles. The molecule has 1 N–H and O–H groups in total. The van der Waals surface area contributed by atoms with Gasteiger partial charge in [-0.25, -0.2) is 0 Å². The van der Waals surface area contributed by atoms with Crippen LogP contribution in [0.4, 0.5) is 11.4 Å². The summed E-state index contributed by atoms with van der Waals surface area (Å²) in [6, 6.07) is 8.01. The third-order valence-electron chi connectivity index (χ3n) is 3.31. The molecule has 0 aliphatic carbocycles. The van der Waals surface area contributed by atoms with Crippen LogP contribution in [0.25, 0.3) is 10.9 Å². The first-order valence-corrected chi connectivity index (χ1v) is 7.24. The molecular weight excluding hydrogens is 282 g/mol. The normalized spacial score (nSPS) is 10.6. The fourth-order valence-electron chi connectivity index (χ4n) is 2.21. The molecule has 0 bridgehead atoms. The molecule has 0 unspecified atom stereocenters. The fourth-order valence-corrected chi connectivity index (χ4v) is 2.87. The Morgan fingerprint density at radius 1 is 1.14 bits per heavy atom. The SMILES string of the molecule is Cc1ccc2nnc(C#N)c(Nc3c(C)nsc3C)c2c1. The van der Waals surface area contributed by atoms with Crippen molar-refractivity contribution in [3.8, 4) is 6.07 Å². The molecular formula is C15H13N5S. The van der Waals surface area contributed by atoms with Gasteiger partial charge in [-0.05, 0) is 44.4 Å². The largest absolute Gasteiger partial charge is 0.350 e. The molecule has 0 aliphatic rings. The Morgan fingerprint density at radius 2 is 1.95 bits per heavy atom. The molecule has 6 heteroatoms. The number of nitriles is 1. The van der Waals surface area contributed by atoms with Crippen molar-refractivity contribution in [3.05, 3.63) is 40.0 Å². The summed E-state index contributed by atoms with van der Waals surface area (Å²) in [5.41, 5.74) is 4.71. The van der Waals surface area contributed by atoms with Crippen molar-refractivity contribution in [2.45, 2.75) is 20.8 Å². The van der Waals surface area contributed by atoms with E-state index in [4.69, 9.17) is 0 Å². The summed E-state index contributed by atoms with van der Waals surface area (Å²) in [6.07, 6.45) is 0. The standard InChI is InChI=1S/C15H13N5S/c1-8-4-5-12-11(6-8)15(13(7-16)19-18-12)17-14-9(2)20-21-10(14)3/h4-6H,1-3H3,(H,17,18). The number of hydrogen-bond donors (Lipinski definition) is 1. The van der Waals surface area contributed by atoms with Gasteiger partial charge in [0.05, 0.1) is 22.6 Å². The van der Waals surface area contributed by atoms with Crippen LogP contribution >= 0.6 is 11.5 Å². The van der Waals surface area contributed by atoms with Crippen LogP contribution in [-0.4, -0.2) is 14.6 Å². The lowest BCUT2D eigenvalue weighted by Gasteiger charge is -2.11. The predicted molar refractivity (Wildman–Crippen MR) is 83.9 cm³/mol. The van der Waals surface area contributed by atoms with Gasteiger partial charge in [0.1, 0.15) is 6.07 Å². The monoisotopic (exact) mass is 295 g/mol. The lowest BCUT2D eigenvalue weighted by atomic mass is 10.1. The van der Waals surface area contributed by atoms with E-state index < -0.39 is 0 Å². The van der Waals surface area contributed by atoms with Crippen LogP contribution in [0.3, 0.4) is 0 Å². The zero-order valence-electron chi connectivity index (χ0n) is 11.9. The second-order valence-corrected chi connectivity index (χ2v) is 5.86. The summed E-state index contributed by atoms with van der Waals surface area (Å²) in [5, 5.41) is 21.6. The van der Waals surface area contributed by atoms with Crippen molar-refractivity contribution < 1.29 is 0 Å². The van der Waals surface area contributed by atoms with E-state index in [0.29, 0.717) is 5.69 Å². The van der Waals surface area contributed by atoms with Crippen LogP contribution in [0.1, 0.15) is 21.8 Å². The Hall–Kier alpha value is -2.52. The number of aryl methyl sites for hydroxylation is 3. The molecule has 5 nitrogen and oxygen atoms in total. The molecule has 104 valence electrons. The minimum atomic E-state index is 0.290. The van der Waals surface area contributed by atoms with Gasteiger partial charge >= 0.3 is 0 Å². The minimum absolute atomic E-state index is 0.290. The summed E-state index contributed by atoms with van der Waals surface area (Å²) >= 11 is 1.44. The van der Waals surface area contributed by atoms with Gasteiger partial charge in [0.15, 0.2) is 5.69 Å². The lowest BCUT2D eigenvalue weighted by Crippen LogP contribution is -2.01. The lowest BCUT2D eigenvalue weighted by molar-refractivity contribution is 1.05. The summed E-state index contributed by atoms with van der Waals surface area (Å²) in [5.74, 6) is 0. The van der Waals surface area contributed by atoms with E-state index in [0.717, 1.165) is 32.7 Å². The molecule has 1 aromatic carbocycles. The highest BCUT2D eigenvalue weighted by Gasteiger charge is 2.14. The van der Waals surface area contributed by atoms with Gasteiger partial charge in [0.25, 0.3) is 0 Å². The first-order chi connectivity index (χ1) is 10.1. The Balaban J connectivity index is 2.25. The van der Waals surface area contributed by atoms with E-state index in [9.17, 15) is 5.26 Å². The first-order valence-electron chi connectivity index (χ1n) is 6.47. The fraction of sp³-hybridized carbons (Fsp3) is 0.200. The van der Waals surface area contributed by atoms with Gasteiger partial charge in [0, 0.05) is 10.3 Å². The van der Waals surface area contributed by atoms with E-state index in [1.165, 1.54) is 11.5 Å². The quantitative estimate of drug-likeness (QED) is 0.781. The van der Waals surface area contributed by atoms with Gasteiger partial charge in [-0.15, -0.1) is 10.2 Å². The maximum absolute atomic E-state index is 9.31. The van der Waals surface area contributed by atoms with Gasteiger partial charge in [0.2, 0.25) is 0 Å². The summed E-state index contributed by atoms with van der Waals surface area (Å²) in [6.45, 7) is 5.96. The van der Waals surface area contributed by atoms with Crippen LogP contribution in [-0.2, 0) is 0 Å². The number of nitrogens with one attached hydrogen (secondary N) is 1. The van der Waals surface area contributed by atoms with Gasteiger partial charge < -0.3 is 5.32 Å². The van der Waals surface area contributed by atoms with Gasteiger partial charge in [-0.3, -0.25) is 0 Å². The molecule has 2 aromatic heterocycles. The maximum Gasteiger partial charge on any atom is 0.187 e. The first kappa shape index (κ1) is 13.5. The number of anilines is 2. The average Bonchev–Trinajstić information content (AvgIpc) is 2.79.